The molecule has 0 saturated carbocycles. The number of rotatable bonds is 4. The maximum absolute atomic E-state index is 12.0. The van der Waals surface area contributed by atoms with E-state index in [1.54, 1.807) is 6.07 Å². The number of hydrogen-bond acceptors (Lipinski definition) is 5. The number of hydrogen-bond donors (Lipinski definition) is 2. The number of carbonyl (C=O) groups is 1. The highest BCUT2D eigenvalue weighted by molar-refractivity contribution is 7.14. The van der Waals surface area contributed by atoms with Crippen LogP contribution in [0.15, 0.2) is 11.4 Å². The number of piperidine rings is 1. The van der Waals surface area contributed by atoms with Crippen molar-refractivity contribution in [2.24, 2.45) is 5.92 Å². The van der Waals surface area contributed by atoms with Crippen LogP contribution in [0, 0.1) is 17.2 Å². The molecule has 2 fully saturated rings. The normalized spacial score (nSPS) is 25.3. The molecule has 5 nitrogen and oxygen atoms in total. The quantitative estimate of drug-likeness (QED) is 0.887. The molecule has 21 heavy (non-hydrogen) atoms. The zero-order valence-electron chi connectivity index (χ0n) is 12.0. The first-order valence-corrected chi connectivity index (χ1v) is 8.37. The molecule has 2 N–H and O–H groups in total. The van der Waals surface area contributed by atoms with Crippen molar-refractivity contribution < 1.29 is 4.79 Å². The van der Waals surface area contributed by atoms with Crippen LogP contribution >= 0.6 is 11.3 Å². The molecule has 2 atom stereocenters. The minimum atomic E-state index is -0.00298. The molecular weight excluding hydrogens is 284 g/mol. The predicted molar refractivity (Wildman–Crippen MR) is 83.2 cm³/mol. The van der Waals surface area contributed by atoms with Gasteiger partial charge >= 0.3 is 0 Å². The molecule has 0 spiro atoms. The Balaban J connectivity index is 1.45. The number of fused-ring (bicyclic) bond motifs is 1. The van der Waals surface area contributed by atoms with Crippen molar-refractivity contribution >= 4 is 22.2 Å². The highest BCUT2D eigenvalue weighted by atomic mass is 32.1. The maximum atomic E-state index is 12.0. The number of nitriles is 1. The van der Waals surface area contributed by atoms with Gasteiger partial charge in [0.2, 0.25) is 5.91 Å². The molecule has 1 aromatic heterocycles. The Hall–Kier alpha value is -1.42. The van der Waals surface area contributed by atoms with E-state index in [9.17, 15) is 4.79 Å². The Morgan fingerprint density at radius 3 is 3.29 bits per heavy atom. The van der Waals surface area contributed by atoms with Crippen LogP contribution in [0.5, 0.6) is 0 Å². The first-order valence-electron chi connectivity index (χ1n) is 7.49. The fourth-order valence-electron chi connectivity index (χ4n) is 3.26. The predicted octanol–water partition coefficient (Wildman–Crippen LogP) is 1.63. The molecule has 0 aromatic carbocycles. The number of likely N-dealkylation sites (tertiary alicyclic amines) is 1. The summed E-state index contributed by atoms with van der Waals surface area (Å²) < 4.78 is 0. The van der Waals surface area contributed by atoms with Gasteiger partial charge in [-0.3, -0.25) is 4.79 Å². The zero-order valence-corrected chi connectivity index (χ0v) is 12.8. The lowest BCUT2D eigenvalue weighted by Crippen LogP contribution is -2.40. The smallest absolute Gasteiger partial charge is 0.226 e. The molecule has 112 valence electrons. The molecule has 0 bridgehead atoms. The molecule has 6 heteroatoms. The van der Waals surface area contributed by atoms with Crippen LogP contribution in [0.25, 0.3) is 0 Å². The first kappa shape index (κ1) is 14.5. The van der Waals surface area contributed by atoms with Crippen LogP contribution in [-0.4, -0.2) is 43.0 Å². The monoisotopic (exact) mass is 304 g/mol. The van der Waals surface area contributed by atoms with Gasteiger partial charge in [-0.2, -0.15) is 5.26 Å². The number of carbonyl (C=O) groups excluding carboxylic acids is 1. The van der Waals surface area contributed by atoms with E-state index in [-0.39, 0.29) is 5.91 Å². The van der Waals surface area contributed by atoms with Crippen LogP contribution < -0.4 is 10.6 Å². The van der Waals surface area contributed by atoms with Crippen LogP contribution in [-0.2, 0) is 4.79 Å². The molecular formula is C15H20N4OS. The maximum Gasteiger partial charge on any atom is 0.226 e. The lowest BCUT2D eigenvalue weighted by atomic mass is 9.94. The molecule has 1 aromatic rings. The molecule has 2 aliphatic rings. The van der Waals surface area contributed by atoms with Crippen molar-refractivity contribution in [2.75, 3.05) is 31.5 Å². The third-order valence-electron chi connectivity index (χ3n) is 4.37. The number of nitrogens with one attached hydrogen (secondary N) is 2. The second-order valence-electron chi connectivity index (χ2n) is 5.80. The van der Waals surface area contributed by atoms with Gasteiger partial charge in [-0.05, 0) is 36.8 Å². The van der Waals surface area contributed by atoms with Gasteiger partial charge in [-0.1, -0.05) is 0 Å². The van der Waals surface area contributed by atoms with Crippen LogP contribution in [0.2, 0.25) is 0 Å². The Labute approximate surface area is 128 Å². The largest absolute Gasteiger partial charge is 0.317 e. The van der Waals surface area contributed by atoms with E-state index in [1.807, 2.05) is 5.38 Å². The highest BCUT2D eigenvalue weighted by Crippen LogP contribution is 2.25. The highest BCUT2D eigenvalue weighted by Gasteiger charge is 2.33. The van der Waals surface area contributed by atoms with Crippen molar-refractivity contribution in [2.45, 2.75) is 25.3 Å². The summed E-state index contributed by atoms with van der Waals surface area (Å²) in [4.78, 5) is 14.4. The van der Waals surface area contributed by atoms with Gasteiger partial charge in [0.25, 0.3) is 0 Å². The van der Waals surface area contributed by atoms with Crippen molar-refractivity contribution in [3.63, 3.8) is 0 Å². The summed E-state index contributed by atoms with van der Waals surface area (Å²) in [6.07, 6.45) is 3.06. The van der Waals surface area contributed by atoms with Gasteiger partial charge in [0.05, 0.1) is 5.56 Å². The van der Waals surface area contributed by atoms with Gasteiger partial charge < -0.3 is 15.5 Å². The lowest BCUT2D eigenvalue weighted by molar-refractivity contribution is -0.116. The summed E-state index contributed by atoms with van der Waals surface area (Å²) in [5.74, 6) is 0.751. The molecule has 0 aliphatic carbocycles. The second-order valence-corrected chi connectivity index (χ2v) is 6.71. The van der Waals surface area contributed by atoms with Crippen LogP contribution in [0.4, 0.5) is 5.00 Å². The molecule has 3 rings (SSSR count). The molecule has 0 radical (unpaired) electrons. The molecule has 2 saturated heterocycles. The van der Waals surface area contributed by atoms with E-state index in [0.717, 1.165) is 32.1 Å². The standard InChI is InChI=1S/C15H20N4OS/c16-8-11-4-7-21-15(11)18-14(20)3-6-19-9-12-2-1-5-17-13(12)10-19/h4,7,12-13,17H,1-3,5-6,9-10H2,(H,18,20). The zero-order chi connectivity index (χ0) is 14.7. The fourth-order valence-corrected chi connectivity index (χ4v) is 4.02. The van der Waals surface area contributed by atoms with E-state index >= 15 is 0 Å². The average molecular weight is 304 g/mol. The molecule has 2 unspecified atom stereocenters. The van der Waals surface area contributed by atoms with Crippen molar-refractivity contribution in [3.05, 3.63) is 17.0 Å². The summed E-state index contributed by atoms with van der Waals surface area (Å²) >= 11 is 1.40. The lowest BCUT2D eigenvalue weighted by Gasteiger charge is -2.24. The van der Waals surface area contributed by atoms with Crippen molar-refractivity contribution in [1.82, 2.24) is 10.2 Å². The number of thiophene rings is 1. The summed E-state index contributed by atoms with van der Waals surface area (Å²) in [7, 11) is 0. The Kier molecular flexibility index (Phi) is 4.54. The number of amides is 1. The summed E-state index contributed by atoms with van der Waals surface area (Å²) in [6, 6.07) is 4.44. The summed E-state index contributed by atoms with van der Waals surface area (Å²) in [5.41, 5.74) is 0.546. The fraction of sp³-hybridized carbons (Fsp3) is 0.600. The van der Waals surface area contributed by atoms with E-state index in [0.29, 0.717) is 23.0 Å². The van der Waals surface area contributed by atoms with Gasteiger partial charge in [0.1, 0.15) is 11.1 Å². The molecule has 3 heterocycles. The molecule has 2 aliphatic heterocycles. The third kappa shape index (κ3) is 3.43. The SMILES string of the molecule is N#Cc1ccsc1NC(=O)CCN1CC2CCCNC2C1. The van der Waals surface area contributed by atoms with Gasteiger partial charge in [-0.15, -0.1) is 11.3 Å². The average Bonchev–Trinajstić information content (AvgIpc) is 3.10. The van der Waals surface area contributed by atoms with E-state index in [2.05, 4.69) is 21.6 Å². The first-order chi connectivity index (χ1) is 10.3. The van der Waals surface area contributed by atoms with Crippen molar-refractivity contribution in [3.8, 4) is 6.07 Å². The number of nitrogens with zero attached hydrogens (tertiary/aromatic N) is 2. The Morgan fingerprint density at radius 1 is 1.57 bits per heavy atom. The Morgan fingerprint density at radius 2 is 2.48 bits per heavy atom. The summed E-state index contributed by atoms with van der Waals surface area (Å²) in [6.45, 7) is 4.09. The Bertz CT molecular complexity index is 536. The van der Waals surface area contributed by atoms with Gasteiger partial charge in [0.15, 0.2) is 0 Å². The van der Waals surface area contributed by atoms with E-state index in [4.69, 9.17) is 5.26 Å². The third-order valence-corrected chi connectivity index (χ3v) is 5.20. The molecule has 1 amide bonds. The van der Waals surface area contributed by atoms with Crippen LogP contribution in [0.1, 0.15) is 24.8 Å². The van der Waals surface area contributed by atoms with Crippen molar-refractivity contribution in [1.29, 1.82) is 5.26 Å². The summed E-state index contributed by atoms with van der Waals surface area (Å²) in [5, 5.41) is 17.8. The number of anilines is 1. The van der Waals surface area contributed by atoms with E-state index in [1.165, 1.54) is 24.2 Å². The topological polar surface area (TPSA) is 68.2 Å². The van der Waals surface area contributed by atoms with E-state index < -0.39 is 0 Å². The minimum Gasteiger partial charge on any atom is -0.317 e. The van der Waals surface area contributed by atoms with Crippen LogP contribution in [0.3, 0.4) is 0 Å². The minimum absolute atomic E-state index is 0.00298. The van der Waals surface area contributed by atoms with Gasteiger partial charge in [-0.25, -0.2) is 0 Å². The van der Waals surface area contributed by atoms with Gasteiger partial charge in [0, 0.05) is 32.1 Å². The second kappa shape index (κ2) is 6.56.